The molecule has 0 saturated heterocycles. The van der Waals surface area contributed by atoms with Gasteiger partial charge < -0.3 is 19.9 Å². The first-order valence-electron chi connectivity index (χ1n) is 8.53. The monoisotopic (exact) mass is 485 g/mol. The number of aliphatic imine (C=N–C) groups is 1. The third-order valence-corrected chi connectivity index (χ3v) is 3.52. The molecule has 0 spiro atoms. The predicted octanol–water partition coefficient (Wildman–Crippen LogP) is 3.42. The number of nitrogens with one attached hydrogen (secondary N) is 2. The molecule has 0 atom stereocenters. The number of hydrogen-bond acceptors (Lipinski definition) is 5. The van der Waals surface area contributed by atoms with Gasteiger partial charge in [0.2, 0.25) is 5.89 Å². The van der Waals surface area contributed by atoms with Gasteiger partial charge in [-0.2, -0.15) is 4.98 Å². The van der Waals surface area contributed by atoms with Crippen LogP contribution in [0.25, 0.3) is 0 Å². The molecule has 0 saturated carbocycles. The number of nitrogens with zero attached hydrogens (tertiary/aromatic N) is 3. The summed E-state index contributed by atoms with van der Waals surface area (Å²) < 4.78 is 11.0. The van der Waals surface area contributed by atoms with Crippen LogP contribution in [0.4, 0.5) is 0 Å². The standard InChI is InChI=1S/C19H27N5O2.HI/c1-6-11-25-15-10-8-7-9-14(15)12-21-18(20-5)22-13-16-23-17(26-24-16)19(2,3)4;/h6-10H,1,11-13H2,2-5H3,(H2,20,21,22);1H. The first kappa shape index (κ1) is 22.9. The molecule has 7 nitrogen and oxygen atoms in total. The van der Waals surface area contributed by atoms with E-state index in [4.69, 9.17) is 9.26 Å². The Hall–Kier alpha value is -2.10. The van der Waals surface area contributed by atoms with Gasteiger partial charge in [0.25, 0.3) is 0 Å². The number of para-hydroxylation sites is 1. The fraction of sp³-hybridized carbons (Fsp3) is 0.421. The lowest BCUT2D eigenvalue weighted by Gasteiger charge is -2.13. The number of guanidine groups is 1. The number of hydrogen-bond donors (Lipinski definition) is 2. The fourth-order valence-electron chi connectivity index (χ4n) is 2.13. The smallest absolute Gasteiger partial charge is 0.232 e. The summed E-state index contributed by atoms with van der Waals surface area (Å²) in [7, 11) is 1.71. The van der Waals surface area contributed by atoms with Crippen LogP contribution < -0.4 is 15.4 Å². The van der Waals surface area contributed by atoms with Crippen molar-refractivity contribution in [2.45, 2.75) is 39.3 Å². The van der Waals surface area contributed by atoms with E-state index in [-0.39, 0.29) is 29.4 Å². The van der Waals surface area contributed by atoms with Crippen LogP contribution in [0.2, 0.25) is 0 Å². The highest BCUT2D eigenvalue weighted by atomic mass is 127. The van der Waals surface area contributed by atoms with Gasteiger partial charge in [0, 0.05) is 24.6 Å². The van der Waals surface area contributed by atoms with Crippen molar-refractivity contribution in [3.8, 4) is 5.75 Å². The highest BCUT2D eigenvalue weighted by molar-refractivity contribution is 14.0. The summed E-state index contributed by atoms with van der Waals surface area (Å²) in [4.78, 5) is 8.62. The SMILES string of the molecule is C=CCOc1ccccc1CNC(=NC)NCc1noc(C(C)(C)C)n1.I. The van der Waals surface area contributed by atoms with Crippen LogP contribution >= 0.6 is 24.0 Å². The quantitative estimate of drug-likeness (QED) is 0.271. The lowest BCUT2D eigenvalue weighted by Crippen LogP contribution is -2.36. The van der Waals surface area contributed by atoms with E-state index in [2.05, 4.69) is 32.3 Å². The molecule has 0 aliphatic rings. The summed E-state index contributed by atoms with van der Waals surface area (Å²) in [6.45, 7) is 11.2. The van der Waals surface area contributed by atoms with Gasteiger partial charge in [-0.25, -0.2) is 0 Å². The molecule has 8 heteroatoms. The minimum absolute atomic E-state index is 0. The zero-order valence-electron chi connectivity index (χ0n) is 16.3. The fourth-order valence-corrected chi connectivity index (χ4v) is 2.13. The Balaban J connectivity index is 0.00000364. The van der Waals surface area contributed by atoms with E-state index in [9.17, 15) is 0 Å². The first-order valence-corrected chi connectivity index (χ1v) is 8.53. The van der Waals surface area contributed by atoms with E-state index in [1.807, 2.05) is 45.0 Å². The second kappa shape index (κ2) is 10.9. The molecule has 0 fully saturated rings. The zero-order chi connectivity index (χ0) is 19.0. The largest absolute Gasteiger partial charge is 0.489 e. The Morgan fingerprint density at radius 1 is 1.26 bits per heavy atom. The summed E-state index contributed by atoms with van der Waals surface area (Å²) in [6.07, 6.45) is 1.72. The van der Waals surface area contributed by atoms with Crippen LogP contribution in [0.15, 0.2) is 46.4 Å². The molecule has 0 aliphatic heterocycles. The first-order chi connectivity index (χ1) is 12.4. The van der Waals surface area contributed by atoms with Crippen molar-refractivity contribution in [2.24, 2.45) is 4.99 Å². The lowest BCUT2D eigenvalue weighted by atomic mass is 9.97. The molecule has 0 bridgehead atoms. The Kier molecular flexibility index (Phi) is 9.27. The van der Waals surface area contributed by atoms with Crippen molar-refractivity contribution >= 4 is 29.9 Å². The number of halogens is 1. The molecule has 2 rings (SSSR count). The summed E-state index contributed by atoms with van der Waals surface area (Å²) in [5.74, 6) is 2.67. The third kappa shape index (κ3) is 7.20. The van der Waals surface area contributed by atoms with Crippen molar-refractivity contribution in [3.63, 3.8) is 0 Å². The van der Waals surface area contributed by atoms with E-state index >= 15 is 0 Å². The van der Waals surface area contributed by atoms with Crippen molar-refractivity contribution < 1.29 is 9.26 Å². The second-order valence-electron chi connectivity index (χ2n) is 6.75. The molecule has 2 aromatic rings. The molecule has 0 aliphatic carbocycles. The molecule has 148 valence electrons. The van der Waals surface area contributed by atoms with E-state index in [0.29, 0.717) is 37.4 Å². The minimum atomic E-state index is -0.166. The van der Waals surface area contributed by atoms with Crippen LogP contribution in [0.1, 0.15) is 38.0 Å². The molecular weight excluding hydrogens is 457 g/mol. The normalized spacial score (nSPS) is 11.5. The van der Waals surface area contributed by atoms with Gasteiger partial charge in [0.1, 0.15) is 12.4 Å². The van der Waals surface area contributed by atoms with Crippen molar-refractivity contribution in [1.29, 1.82) is 0 Å². The maximum Gasteiger partial charge on any atom is 0.232 e. The Morgan fingerprint density at radius 3 is 2.59 bits per heavy atom. The Bertz CT molecular complexity index is 753. The summed E-state index contributed by atoms with van der Waals surface area (Å²) >= 11 is 0. The molecule has 1 aromatic carbocycles. The molecule has 1 aromatic heterocycles. The van der Waals surface area contributed by atoms with Gasteiger partial charge in [-0.3, -0.25) is 4.99 Å². The van der Waals surface area contributed by atoms with E-state index in [1.165, 1.54) is 0 Å². The van der Waals surface area contributed by atoms with E-state index in [0.717, 1.165) is 11.3 Å². The maximum absolute atomic E-state index is 5.67. The highest BCUT2D eigenvalue weighted by Crippen LogP contribution is 2.19. The summed E-state index contributed by atoms with van der Waals surface area (Å²) in [5, 5.41) is 10.4. The van der Waals surface area contributed by atoms with Gasteiger partial charge >= 0.3 is 0 Å². The maximum atomic E-state index is 5.67. The third-order valence-electron chi connectivity index (χ3n) is 3.52. The second-order valence-corrected chi connectivity index (χ2v) is 6.75. The molecule has 0 radical (unpaired) electrons. The number of benzene rings is 1. The molecule has 0 unspecified atom stereocenters. The van der Waals surface area contributed by atoms with Crippen LogP contribution in [-0.2, 0) is 18.5 Å². The van der Waals surface area contributed by atoms with Crippen molar-refractivity contribution in [1.82, 2.24) is 20.8 Å². The van der Waals surface area contributed by atoms with Crippen molar-refractivity contribution in [3.05, 3.63) is 54.2 Å². The average molecular weight is 485 g/mol. The van der Waals surface area contributed by atoms with Gasteiger partial charge in [-0.1, -0.05) is 56.8 Å². The van der Waals surface area contributed by atoms with Gasteiger partial charge in [-0.05, 0) is 6.07 Å². The predicted molar refractivity (Wildman–Crippen MR) is 118 cm³/mol. The van der Waals surface area contributed by atoms with Gasteiger partial charge in [-0.15, -0.1) is 24.0 Å². The molecule has 2 N–H and O–H groups in total. The zero-order valence-corrected chi connectivity index (χ0v) is 18.6. The van der Waals surface area contributed by atoms with E-state index < -0.39 is 0 Å². The van der Waals surface area contributed by atoms with Gasteiger partial charge in [0.05, 0.1) is 6.54 Å². The Labute approximate surface area is 177 Å². The van der Waals surface area contributed by atoms with Crippen LogP contribution in [0.3, 0.4) is 0 Å². The molecule has 1 heterocycles. The van der Waals surface area contributed by atoms with Crippen molar-refractivity contribution in [2.75, 3.05) is 13.7 Å². The minimum Gasteiger partial charge on any atom is -0.489 e. The topological polar surface area (TPSA) is 84.6 Å². The number of aromatic nitrogens is 2. The molecular formula is C19H28IN5O2. The van der Waals surface area contributed by atoms with Crippen LogP contribution in [0, 0.1) is 0 Å². The number of rotatable bonds is 7. The van der Waals surface area contributed by atoms with Crippen LogP contribution in [0.5, 0.6) is 5.75 Å². The highest BCUT2D eigenvalue weighted by Gasteiger charge is 2.21. The number of ether oxygens (including phenoxy) is 1. The summed E-state index contributed by atoms with van der Waals surface area (Å²) in [5.41, 5.74) is 0.868. The van der Waals surface area contributed by atoms with E-state index in [1.54, 1.807) is 13.1 Å². The Morgan fingerprint density at radius 2 is 1.96 bits per heavy atom. The summed E-state index contributed by atoms with van der Waals surface area (Å²) in [6, 6.07) is 7.86. The van der Waals surface area contributed by atoms with Gasteiger partial charge in [0.15, 0.2) is 11.8 Å². The molecule has 0 amide bonds. The average Bonchev–Trinajstić information content (AvgIpc) is 3.10. The van der Waals surface area contributed by atoms with Crippen LogP contribution in [-0.4, -0.2) is 29.8 Å². The lowest BCUT2D eigenvalue weighted by molar-refractivity contribution is 0.318. The molecule has 27 heavy (non-hydrogen) atoms.